The van der Waals surface area contributed by atoms with Gasteiger partial charge in [0.25, 0.3) is 5.56 Å². The lowest BCUT2D eigenvalue weighted by Gasteiger charge is -2.13. The molecule has 1 aromatic heterocycles. The molecule has 5 nitrogen and oxygen atoms in total. The molecule has 0 saturated heterocycles. The molecular weight excluding hydrogens is 350 g/mol. The van der Waals surface area contributed by atoms with E-state index in [2.05, 4.69) is 22.0 Å². The van der Waals surface area contributed by atoms with Crippen LogP contribution in [0.4, 0.5) is 5.69 Å². The lowest BCUT2D eigenvalue weighted by atomic mass is 10.1. The highest BCUT2D eigenvalue weighted by atomic mass is 16.1. The first-order valence-electron chi connectivity index (χ1n) is 9.18. The van der Waals surface area contributed by atoms with E-state index in [1.165, 1.54) is 17.1 Å². The third-order valence-electron chi connectivity index (χ3n) is 4.52. The van der Waals surface area contributed by atoms with Crippen LogP contribution in [0.25, 0.3) is 16.1 Å². The van der Waals surface area contributed by atoms with Gasteiger partial charge in [0, 0.05) is 0 Å². The minimum absolute atomic E-state index is 0.00689. The Morgan fingerprint density at radius 1 is 1.07 bits per heavy atom. The molecule has 0 spiro atoms. The van der Waals surface area contributed by atoms with E-state index in [0.29, 0.717) is 23.5 Å². The van der Waals surface area contributed by atoms with Crippen molar-refractivity contribution in [3.05, 3.63) is 93.8 Å². The van der Waals surface area contributed by atoms with Crippen molar-refractivity contribution in [3.63, 3.8) is 0 Å². The zero-order chi connectivity index (χ0) is 19.9. The number of ketones is 1. The average Bonchev–Trinajstić information content (AvgIpc) is 2.71. The topological polar surface area (TPSA) is 56.3 Å². The summed E-state index contributed by atoms with van der Waals surface area (Å²) in [6.45, 7) is 8.53. The van der Waals surface area contributed by atoms with Crippen molar-refractivity contribution in [2.75, 3.05) is 0 Å². The Hall–Kier alpha value is -3.52. The van der Waals surface area contributed by atoms with Gasteiger partial charge in [-0.3, -0.25) is 19.1 Å². The summed E-state index contributed by atoms with van der Waals surface area (Å²) in [5, 5.41) is 0. The molecule has 5 heteroatoms. The number of hydrogen-bond acceptors (Lipinski definition) is 3. The van der Waals surface area contributed by atoms with Crippen molar-refractivity contribution in [2.45, 2.75) is 32.7 Å². The fourth-order valence-electron chi connectivity index (χ4n) is 3.12. The van der Waals surface area contributed by atoms with Gasteiger partial charge in [-0.05, 0) is 37.3 Å². The third-order valence-corrected chi connectivity index (χ3v) is 4.52. The smallest absolute Gasteiger partial charge is 0.273 e. The highest BCUT2D eigenvalue weighted by Gasteiger charge is 2.13. The van der Waals surface area contributed by atoms with Gasteiger partial charge < -0.3 is 0 Å². The van der Waals surface area contributed by atoms with Crippen molar-refractivity contribution in [3.8, 4) is 11.3 Å². The Morgan fingerprint density at radius 3 is 2.43 bits per heavy atom. The number of benzene rings is 2. The van der Waals surface area contributed by atoms with E-state index in [4.69, 9.17) is 6.57 Å². The molecule has 0 aliphatic carbocycles. The first kappa shape index (κ1) is 19.2. The van der Waals surface area contributed by atoms with Gasteiger partial charge in [0.2, 0.25) is 0 Å². The van der Waals surface area contributed by atoms with Crippen molar-refractivity contribution in [1.29, 1.82) is 0 Å². The molecule has 0 aliphatic rings. The summed E-state index contributed by atoms with van der Waals surface area (Å²) in [7, 11) is 0. The summed E-state index contributed by atoms with van der Waals surface area (Å²) >= 11 is 0. The molecule has 0 saturated carbocycles. The Kier molecular flexibility index (Phi) is 6.13. The second-order valence-electron chi connectivity index (χ2n) is 6.68. The molecule has 0 radical (unpaired) electrons. The van der Waals surface area contributed by atoms with Crippen molar-refractivity contribution in [1.82, 2.24) is 9.55 Å². The lowest BCUT2D eigenvalue weighted by molar-refractivity contribution is -0.117. The first-order chi connectivity index (χ1) is 13.6. The predicted molar refractivity (Wildman–Crippen MR) is 109 cm³/mol. The predicted octanol–water partition coefficient (Wildman–Crippen LogP) is 4.23. The third kappa shape index (κ3) is 4.60. The molecule has 3 rings (SSSR count). The maximum atomic E-state index is 13.0. The van der Waals surface area contributed by atoms with E-state index in [0.717, 1.165) is 18.4 Å². The molecule has 1 heterocycles. The normalized spacial score (nSPS) is 10.4. The number of carbonyl (C=O) groups excluding carboxylic acids is 1. The fraction of sp³-hybridized carbons (Fsp3) is 0.217. The zero-order valence-corrected chi connectivity index (χ0v) is 15.8. The van der Waals surface area contributed by atoms with Gasteiger partial charge in [0.05, 0.1) is 25.0 Å². The van der Waals surface area contributed by atoms with E-state index in [1.54, 1.807) is 30.5 Å². The minimum atomic E-state index is -0.227. The molecule has 28 heavy (non-hydrogen) atoms. The quantitative estimate of drug-likeness (QED) is 0.584. The number of hydrogen-bond donors (Lipinski definition) is 0. The van der Waals surface area contributed by atoms with Crippen LogP contribution in [0.2, 0.25) is 0 Å². The second kappa shape index (κ2) is 8.92. The van der Waals surface area contributed by atoms with Crippen LogP contribution >= 0.6 is 0 Å². The molecule has 0 N–H and O–H groups in total. The molecule has 0 bridgehead atoms. The van der Waals surface area contributed by atoms with E-state index < -0.39 is 0 Å². The van der Waals surface area contributed by atoms with Gasteiger partial charge in [0.1, 0.15) is 11.5 Å². The number of carbonyl (C=O) groups is 1. The van der Waals surface area contributed by atoms with Crippen LogP contribution < -0.4 is 5.56 Å². The minimum Gasteiger partial charge on any atom is -0.298 e. The monoisotopic (exact) mass is 371 g/mol. The molecule has 2 aromatic carbocycles. The van der Waals surface area contributed by atoms with Crippen LogP contribution in [0.5, 0.6) is 0 Å². The summed E-state index contributed by atoms with van der Waals surface area (Å²) in [6.07, 6.45) is 3.89. The van der Waals surface area contributed by atoms with Crippen LogP contribution in [0.1, 0.15) is 24.6 Å². The Bertz CT molecular complexity index is 1060. The van der Waals surface area contributed by atoms with Crippen LogP contribution in [-0.4, -0.2) is 15.3 Å². The molecule has 0 atom stereocenters. The highest BCUT2D eigenvalue weighted by Crippen LogP contribution is 2.21. The molecule has 0 amide bonds. The summed E-state index contributed by atoms with van der Waals surface area (Å²) in [6, 6.07) is 17.1. The lowest BCUT2D eigenvalue weighted by Crippen LogP contribution is -2.29. The van der Waals surface area contributed by atoms with Crippen molar-refractivity contribution < 1.29 is 4.79 Å². The van der Waals surface area contributed by atoms with E-state index in [1.807, 2.05) is 18.2 Å². The molecular formula is C23H21N3O2. The summed E-state index contributed by atoms with van der Waals surface area (Å²) in [4.78, 5) is 32.5. The SMILES string of the molecule is [C-]#[N+]c1ccc(-c2cnc(CCCc3ccccc3)c(=O)n2CC(C)=O)cc1. The standard InChI is InChI=1S/C23H21N3O2/c1-17(27)16-26-22(19-11-13-20(24-2)14-12-19)15-25-21(23(26)28)10-6-9-18-7-4-3-5-8-18/h3-5,7-8,11-15H,6,9-10,16H2,1H3. The largest absolute Gasteiger partial charge is 0.298 e. The van der Waals surface area contributed by atoms with E-state index >= 15 is 0 Å². The van der Waals surface area contributed by atoms with Crippen LogP contribution in [0.3, 0.4) is 0 Å². The van der Waals surface area contributed by atoms with Gasteiger partial charge in [-0.2, -0.15) is 0 Å². The molecule has 3 aromatic rings. The fourth-order valence-corrected chi connectivity index (χ4v) is 3.12. The van der Waals surface area contributed by atoms with E-state index in [9.17, 15) is 9.59 Å². The molecule has 140 valence electrons. The van der Waals surface area contributed by atoms with Gasteiger partial charge >= 0.3 is 0 Å². The summed E-state index contributed by atoms with van der Waals surface area (Å²) in [5.41, 5.74) is 3.34. The Balaban J connectivity index is 1.87. The van der Waals surface area contributed by atoms with Gasteiger partial charge in [-0.15, -0.1) is 0 Å². The Morgan fingerprint density at radius 2 is 1.79 bits per heavy atom. The Labute approximate surface area is 164 Å². The van der Waals surface area contributed by atoms with Gasteiger partial charge in [-0.25, -0.2) is 4.85 Å². The van der Waals surface area contributed by atoms with Gasteiger partial charge in [-0.1, -0.05) is 54.6 Å². The molecule has 0 fully saturated rings. The summed E-state index contributed by atoms with van der Waals surface area (Å²) < 4.78 is 1.49. The number of nitrogens with zero attached hydrogens (tertiary/aromatic N) is 3. The second-order valence-corrected chi connectivity index (χ2v) is 6.68. The summed E-state index contributed by atoms with van der Waals surface area (Å²) in [5.74, 6) is -0.0948. The maximum Gasteiger partial charge on any atom is 0.273 e. The van der Waals surface area contributed by atoms with E-state index in [-0.39, 0.29) is 17.9 Å². The number of aryl methyl sites for hydroxylation is 2. The number of Topliss-reactive ketones (excluding diaryl/α,β-unsaturated/α-hetero) is 1. The van der Waals surface area contributed by atoms with Gasteiger partial charge in [0.15, 0.2) is 5.69 Å². The highest BCUT2D eigenvalue weighted by molar-refractivity contribution is 5.76. The average molecular weight is 371 g/mol. The van der Waals surface area contributed by atoms with Crippen LogP contribution in [0, 0.1) is 6.57 Å². The number of rotatable bonds is 7. The van der Waals surface area contributed by atoms with Crippen molar-refractivity contribution >= 4 is 11.5 Å². The molecule has 0 unspecified atom stereocenters. The number of aromatic nitrogens is 2. The zero-order valence-electron chi connectivity index (χ0n) is 15.8. The van der Waals surface area contributed by atoms with Crippen molar-refractivity contribution in [2.24, 2.45) is 0 Å². The first-order valence-corrected chi connectivity index (χ1v) is 9.18. The maximum absolute atomic E-state index is 13.0. The van der Waals surface area contributed by atoms with Crippen LogP contribution in [-0.2, 0) is 24.2 Å². The molecule has 0 aliphatic heterocycles. The van der Waals surface area contributed by atoms with Crippen LogP contribution in [0.15, 0.2) is 65.6 Å².